The highest BCUT2D eigenvalue weighted by molar-refractivity contribution is 5.97. The molecular formula is C13H9NO6-2. The van der Waals surface area contributed by atoms with E-state index in [2.05, 4.69) is 0 Å². The first-order chi connectivity index (χ1) is 9.31. The van der Waals surface area contributed by atoms with Gasteiger partial charge in [0.05, 0.1) is 16.9 Å². The average Bonchev–Trinajstić information content (AvgIpc) is 2.35. The van der Waals surface area contributed by atoms with Crippen LogP contribution in [0.2, 0.25) is 0 Å². The lowest BCUT2D eigenvalue weighted by molar-refractivity contribution is -0.384. The number of hydrogen-bond acceptors (Lipinski definition) is 6. The van der Waals surface area contributed by atoms with Crippen LogP contribution >= 0.6 is 0 Å². The molecule has 0 atom stereocenters. The molecule has 0 N–H and O–H groups in total. The zero-order chi connectivity index (χ0) is 15.3. The standard InChI is InChI=1S/C13H11NO6/c1-8(6-12(15)16)11(13(17)18)7-9-2-4-10(5-3-9)14(19)20/h2-7H,1H3,(H,15,16)(H,17,18)/p-2/b8-6+,11-7+. The summed E-state index contributed by atoms with van der Waals surface area (Å²) in [6.07, 6.45) is 1.79. The minimum Gasteiger partial charge on any atom is -0.545 e. The fourth-order valence-electron chi connectivity index (χ4n) is 1.45. The molecule has 0 aliphatic rings. The maximum Gasteiger partial charge on any atom is 0.269 e. The lowest BCUT2D eigenvalue weighted by atomic mass is 10.0. The van der Waals surface area contributed by atoms with E-state index in [0.717, 1.165) is 6.08 Å². The maximum atomic E-state index is 11.0. The van der Waals surface area contributed by atoms with Gasteiger partial charge in [-0.25, -0.2) is 0 Å². The summed E-state index contributed by atoms with van der Waals surface area (Å²) in [5, 5.41) is 31.8. The number of nitro benzene ring substituents is 1. The van der Waals surface area contributed by atoms with Crippen molar-refractivity contribution in [1.29, 1.82) is 0 Å². The topological polar surface area (TPSA) is 123 Å². The second-order valence-electron chi connectivity index (χ2n) is 3.84. The number of benzene rings is 1. The molecule has 0 fully saturated rings. The van der Waals surface area contributed by atoms with Gasteiger partial charge in [-0.3, -0.25) is 10.1 Å². The lowest BCUT2D eigenvalue weighted by Gasteiger charge is -2.10. The normalized spacial score (nSPS) is 12.1. The van der Waals surface area contributed by atoms with Crippen LogP contribution in [0.3, 0.4) is 0 Å². The predicted octanol–water partition coefficient (Wildman–Crippen LogP) is -0.576. The van der Waals surface area contributed by atoms with Crippen LogP contribution in [0.25, 0.3) is 6.08 Å². The van der Waals surface area contributed by atoms with Crippen molar-refractivity contribution in [2.24, 2.45) is 0 Å². The number of carbonyl (C=O) groups is 2. The van der Waals surface area contributed by atoms with E-state index in [1.807, 2.05) is 0 Å². The number of carboxylic acids is 2. The highest BCUT2D eigenvalue weighted by atomic mass is 16.6. The number of hydrogen-bond donors (Lipinski definition) is 0. The molecular weight excluding hydrogens is 266 g/mol. The summed E-state index contributed by atoms with van der Waals surface area (Å²) in [6, 6.07) is 5.09. The molecule has 0 unspecified atom stereocenters. The van der Waals surface area contributed by atoms with Crippen molar-refractivity contribution in [3.05, 3.63) is 57.2 Å². The van der Waals surface area contributed by atoms with Gasteiger partial charge in [0.2, 0.25) is 0 Å². The number of nitro groups is 1. The minimum absolute atomic E-state index is 0.0525. The number of non-ortho nitro benzene ring substituents is 1. The quantitative estimate of drug-likeness (QED) is 0.306. The van der Waals surface area contributed by atoms with Crippen molar-refractivity contribution in [3.8, 4) is 0 Å². The molecule has 20 heavy (non-hydrogen) atoms. The van der Waals surface area contributed by atoms with Crippen LogP contribution in [0, 0.1) is 10.1 Å². The van der Waals surface area contributed by atoms with Crippen molar-refractivity contribution >= 4 is 23.7 Å². The van der Waals surface area contributed by atoms with Gasteiger partial charge in [0, 0.05) is 17.7 Å². The Morgan fingerprint density at radius 3 is 2.10 bits per heavy atom. The molecule has 0 radical (unpaired) electrons. The molecule has 1 aromatic carbocycles. The Labute approximate surface area is 113 Å². The first kappa shape index (κ1) is 15.1. The molecule has 1 rings (SSSR count). The second-order valence-corrected chi connectivity index (χ2v) is 3.84. The van der Waals surface area contributed by atoms with Gasteiger partial charge in [-0.05, 0) is 42.3 Å². The molecule has 0 bridgehead atoms. The van der Waals surface area contributed by atoms with Gasteiger partial charge >= 0.3 is 0 Å². The monoisotopic (exact) mass is 275 g/mol. The van der Waals surface area contributed by atoms with Gasteiger partial charge in [-0.1, -0.05) is 0 Å². The van der Waals surface area contributed by atoms with E-state index < -0.39 is 16.9 Å². The smallest absolute Gasteiger partial charge is 0.269 e. The first-order valence-electron chi connectivity index (χ1n) is 5.38. The van der Waals surface area contributed by atoms with Gasteiger partial charge in [-0.15, -0.1) is 0 Å². The van der Waals surface area contributed by atoms with E-state index in [9.17, 15) is 29.9 Å². The van der Waals surface area contributed by atoms with Crippen molar-refractivity contribution in [3.63, 3.8) is 0 Å². The van der Waals surface area contributed by atoms with Crippen LogP contribution in [0.15, 0.2) is 41.5 Å². The van der Waals surface area contributed by atoms with Gasteiger partial charge in [0.15, 0.2) is 0 Å². The van der Waals surface area contributed by atoms with Crippen molar-refractivity contribution < 1.29 is 24.7 Å². The Hall–Kier alpha value is -2.96. The molecule has 7 nitrogen and oxygen atoms in total. The van der Waals surface area contributed by atoms with Crippen LogP contribution in [0.5, 0.6) is 0 Å². The summed E-state index contributed by atoms with van der Waals surface area (Å²) >= 11 is 0. The largest absolute Gasteiger partial charge is 0.545 e. The Kier molecular flexibility index (Phi) is 4.74. The highest BCUT2D eigenvalue weighted by Crippen LogP contribution is 2.17. The van der Waals surface area contributed by atoms with Crippen molar-refractivity contribution in [2.45, 2.75) is 6.92 Å². The fraction of sp³-hybridized carbons (Fsp3) is 0.0769. The fourth-order valence-corrected chi connectivity index (χ4v) is 1.45. The third kappa shape index (κ3) is 4.05. The van der Waals surface area contributed by atoms with Gasteiger partial charge < -0.3 is 19.8 Å². The van der Waals surface area contributed by atoms with Crippen molar-refractivity contribution in [2.75, 3.05) is 0 Å². The Morgan fingerprint density at radius 2 is 1.70 bits per heavy atom. The van der Waals surface area contributed by atoms with Gasteiger partial charge in [-0.2, -0.15) is 0 Å². The summed E-state index contributed by atoms with van der Waals surface area (Å²) in [6.45, 7) is 1.28. The molecule has 1 aromatic rings. The zero-order valence-corrected chi connectivity index (χ0v) is 10.4. The summed E-state index contributed by atoms with van der Waals surface area (Å²) in [5.41, 5.74) is -0.175. The van der Waals surface area contributed by atoms with E-state index in [-0.39, 0.29) is 16.8 Å². The molecule has 7 heteroatoms. The lowest BCUT2D eigenvalue weighted by Crippen LogP contribution is -2.26. The molecule has 0 saturated carbocycles. The van der Waals surface area contributed by atoms with Crippen molar-refractivity contribution in [1.82, 2.24) is 0 Å². The minimum atomic E-state index is -1.56. The van der Waals surface area contributed by atoms with E-state index in [1.54, 1.807) is 0 Å². The number of carbonyl (C=O) groups excluding carboxylic acids is 2. The summed E-state index contributed by atoms with van der Waals surface area (Å²) < 4.78 is 0. The zero-order valence-electron chi connectivity index (χ0n) is 10.4. The number of carboxylic acid groups (broad SMARTS) is 2. The molecule has 0 spiro atoms. The van der Waals surface area contributed by atoms with E-state index in [1.165, 1.54) is 31.2 Å². The summed E-state index contributed by atoms with van der Waals surface area (Å²) in [5.74, 6) is -3.09. The molecule has 0 heterocycles. The number of nitrogens with zero attached hydrogens (tertiary/aromatic N) is 1. The predicted molar refractivity (Wildman–Crippen MR) is 64.8 cm³/mol. The van der Waals surface area contributed by atoms with Crippen LogP contribution in [-0.2, 0) is 9.59 Å². The Morgan fingerprint density at radius 1 is 1.15 bits per heavy atom. The number of aliphatic carboxylic acids is 2. The third-order valence-electron chi connectivity index (χ3n) is 2.39. The Balaban J connectivity index is 3.18. The molecule has 0 amide bonds. The maximum absolute atomic E-state index is 11.0. The van der Waals surface area contributed by atoms with E-state index >= 15 is 0 Å². The van der Waals surface area contributed by atoms with Crippen LogP contribution in [0.4, 0.5) is 5.69 Å². The van der Waals surface area contributed by atoms with Crippen LogP contribution < -0.4 is 10.2 Å². The van der Waals surface area contributed by atoms with Crippen LogP contribution in [-0.4, -0.2) is 16.9 Å². The van der Waals surface area contributed by atoms with Gasteiger partial charge in [0.1, 0.15) is 0 Å². The molecule has 0 aliphatic carbocycles. The van der Waals surface area contributed by atoms with E-state index in [0.29, 0.717) is 11.6 Å². The van der Waals surface area contributed by atoms with Gasteiger partial charge in [0.25, 0.3) is 5.69 Å². The first-order valence-corrected chi connectivity index (χ1v) is 5.38. The van der Waals surface area contributed by atoms with Crippen LogP contribution in [0.1, 0.15) is 12.5 Å². The Bertz CT molecular complexity index is 612. The summed E-state index contributed by atoms with van der Waals surface area (Å²) in [4.78, 5) is 31.3. The molecule has 0 saturated heterocycles. The second kappa shape index (κ2) is 6.28. The average molecular weight is 275 g/mol. The highest BCUT2D eigenvalue weighted by Gasteiger charge is 2.05. The summed E-state index contributed by atoms with van der Waals surface area (Å²) in [7, 11) is 0. The SMILES string of the molecule is CC(=C\C(=O)[O-])/C(=C\c1ccc([N+](=O)[O-])cc1)C(=O)[O-]. The van der Waals surface area contributed by atoms with E-state index in [4.69, 9.17) is 0 Å². The molecule has 0 aliphatic heterocycles. The third-order valence-corrected chi connectivity index (χ3v) is 2.39. The molecule has 0 aromatic heterocycles. The number of rotatable bonds is 5. The molecule has 104 valence electrons.